The topological polar surface area (TPSA) is 102 Å². The molecule has 3 rings (SSSR count). The number of nitrogens with one attached hydrogen (secondary N) is 1. The summed E-state index contributed by atoms with van der Waals surface area (Å²) in [5, 5.41) is 0. The quantitative estimate of drug-likeness (QED) is 0.598. The van der Waals surface area contributed by atoms with E-state index in [1.54, 1.807) is 24.3 Å². The van der Waals surface area contributed by atoms with Crippen LogP contribution in [0.15, 0.2) is 46.3 Å². The Morgan fingerprint density at radius 1 is 1.07 bits per heavy atom. The fraction of sp³-hybridized carbons (Fsp3) is 0.286. The Kier molecular flexibility index (Phi) is 5.57. The molecular formula is C21H22N2O5S. The number of benzene rings is 2. The van der Waals surface area contributed by atoms with Gasteiger partial charge in [-0.2, -0.15) is 0 Å². The minimum Gasteiger partial charge on any atom is -0.456 e. The predicted molar refractivity (Wildman–Crippen MR) is 109 cm³/mol. The number of aryl methyl sites for hydroxylation is 3. The molecule has 0 saturated heterocycles. The van der Waals surface area contributed by atoms with E-state index in [0.29, 0.717) is 11.1 Å². The second-order valence-electron chi connectivity index (χ2n) is 7.04. The average Bonchev–Trinajstić information content (AvgIpc) is 2.93. The van der Waals surface area contributed by atoms with Crippen molar-refractivity contribution < 1.29 is 22.7 Å². The van der Waals surface area contributed by atoms with Crippen molar-refractivity contribution in [3.63, 3.8) is 0 Å². The number of fused-ring (bicyclic) bond motifs is 1. The Hall–Kier alpha value is -3.00. The fourth-order valence-electron chi connectivity index (χ4n) is 3.07. The Labute approximate surface area is 169 Å². The summed E-state index contributed by atoms with van der Waals surface area (Å²) in [5.41, 5.74) is 3.79. The first-order valence-corrected chi connectivity index (χ1v) is 10.6. The number of sulfonamides is 1. The van der Waals surface area contributed by atoms with E-state index in [1.807, 2.05) is 26.8 Å². The van der Waals surface area contributed by atoms with Crippen LogP contribution >= 0.6 is 0 Å². The second kappa shape index (κ2) is 7.79. The first-order valence-electron chi connectivity index (χ1n) is 9.08. The van der Waals surface area contributed by atoms with Crippen molar-refractivity contribution in [3.8, 4) is 0 Å². The lowest BCUT2D eigenvalue weighted by Gasteiger charge is -2.11. The van der Waals surface area contributed by atoms with Gasteiger partial charge < -0.3 is 4.74 Å². The molecule has 2 aromatic rings. The third-order valence-corrected chi connectivity index (χ3v) is 6.21. The van der Waals surface area contributed by atoms with E-state index in [0.717, 1.165) is 16.7 Å². The molecule has 1 aliphatic rings. The van der Waals surface area contributed by atoms with Gasteiger partial charge in [0, 0.05) is 11.1 Å². The highest BCUT2D eigenvalue weighted by atomic mass is 32.2. The van der Waals surface area contributed by atoms with Crippen LogP contribution in [0.3, 0.4) is 0 Å². The minimum absolute atomic E-state index is 0.0846. The summed E-state index contributed by atoms with van der Waals surface area (Å²) >= 11 is 0. The maximum Gasteiger partial charge on any atom is 0.331 e. The van der Waals surface area contributed by atoms with E-state index < -0.39 is 28.6 Å². The van der Waals surface area contributed by atoms with E-state index in [1.165, 1.54) is 13.0 Å². The molecule has 0 bridgehead atoms. The van der Waals surface area contributed by atoms with Crippen molar-refractivity contribution in [2.24, 2.45) is 4.99 Å². The SMILES string of the molecule is Cc1cc(C)c(C(=O)COC(=O)[C@@H](C)N=C2NS(=O)(=O)c3ccccc32)cc1C. The predicted octanol–water partition coefficient (Wildman–Crippen LogP) is 2.46. The van der Waals surface area contributed by atoms with Crippen LogP contribution in [0.2, 0.25) is 0 Å². The Balaban J connectivity index is 1.70. The zero-order valence-corrected chi connectivity index (χ0v) is 17.5. The maximum absolute atomic E-state index is 12.4. The number of carbonyl (C=O) groups is 2. The molecule has 1 heterocycles. The van der Waals surface area contributed by atoms with Crippen molar-refractivity contribution >= 4 is 27.6 Å². The zero-order valence-electron chi connectivity index (χ0n) is 16.6. The lowest BCUT2D eigenvalue weighted by Crippen LogP contribution is -2.27. The lowest BCUT2D eigenvalue weighted by molar-refractivity contribution is -0.143. The molecule has 0 amide bonds. The van der Waals surface area contributed by atoms with Crippen LogP contribution in [0, 0.1) is 20.8 Å². The molecule has 0 aromatic heterocycles. The van der Waals surface area contributed by atoms with Crippen molar-refractivity contribution in [2.45, 2.75) is 38.6 Å². The number of carbonyl (C=O) groups excluding carboxylic acids is 2. The number of esters is 1. The zero-order chi connectivity index (χ0) is 21.3. The third-order valence-electron chi connectivity index (χ3n) is 4.81. The monoisotopic (exact) mass is 414 g/mol. The van der Waals surface area contributed by atoms with Gasteiger partial charge in [-0.3, -0.25) is 14.5 Å². The molecule has 1 N–H and O–H groups in total. The first kappa shape index (κ1) is 20.7. The van der Waals surface area contributed by atoms with Crippen LogP contribution < -0.4 is 4.72 Å². The van der Waals surface area contributed by atoms with Gasteiger partial charge in [0.2, 0.25) is 5.78 Å². The van der Waals surface area contributed by atoms with Gasteiger partial charge in [-0.25, -0.2) is 13.2 Å². The van der Waals surface area contributed by atoms with Gasteiger partial charge in [0.1, 0.15) is 11.9 Å². The highest BCUT2D eigenvalue weighted by molar-refractivity contribution is 7.90. The van der Waals surface area contributed by atoms with Crippen LogP contribution in [-0.4, -0.2) is 38.7 Å². The van der Waals surface area contributed by atoms with Gasteiger partial charge in [-0.15, -0.1) is 0 Å². The number of ketones is 1. The Bertz CT molecular complexity index is 1140. The van der Waals surface area contributed by atoms with Crippen LogP contribution in [0.5, 0.6) is 0 Å². The molecule has 0 aliphatic carbocycles. The van der Waals surface area contributed by atoms with Crippen LogP contribution in [0.25, 0.3) is 0 Å². The number of hydrogen-bond acceptors (Lipinski definition) is 6. The number of aliphatic imine (C=N–C) groups is 1. The maximum atomic E-state index is 12.4. The highest BCUT2D eigenvalue weighted by Crippen LogP contribution is 2.22. The van der Waals surface area contributed by atoms with Gasteiger partial charge in [0.05, 0.1) is 4.90 Å². The largest absolute Gasteiger partial charge is 0.456 e. The van der Waals surface area contributed by atoms with Gasteiger partial charge >= 0.3 is 5.97 Å². The Morgan fingerprint density at radius 2 is 1.72 bits per heavy atom. The van der Waals surface area contributed by atoms with Crippen molar-refractivity contribution in [3.05, 3.63) is 64.2 Å². The van der Waals surface area contributed by atoms with E-state index in [4.69, 9.17) is 4.74 Å². The standard InChI is InChI=1S/C21H22N2O5S/c1-12-9-14(3)17(10-13(12)2)18(24)11-28-21(25)15(4)22-20-16-7-5-6-8-19(16)29(26,27)23-20/h5-10,15H,11H2,1-4H3,(H,22,23)/t15-/m1/s1. The van der Waals surface area contributed by atoms with Crippen LogP contribution in [0.4, 0.5) is 0 Å². The average molecular weight is 414 g/mol. The van der Waals surface area contributed by atoms with Crippen LogP contribution in [0.1, 0.15) is 39.5 Å². The van der Waals surface area contributed by atoms with E-state index in [2.05, 4.69) is 9.71 Å². The molecule has 0 unspecified atom stereocenters. The summed E-state index contributed by atoms with van der Waals surface area (Å²) in [4.78, 5) is 29.0. The molecule has 0 fully saturated rings. The van der Waals surface area contributed by atoms with E-state index in [9.17, 15) is 18.0 Å². The molecular weight excluding hydrogens is 392 g/mol. The molecule has 7 nitrogen and oxygen atoms in total. The molecule has 8 heteroatoms. The molecule has 152 valence electrons. The molecule has 2 aromatic carbocycles. The summed E-state index contributed by atoms with van der Waals surface area (Å²) in [6.07, 6.45) is 0. The Morgan fingerprint density at radius 3 is 2.45 bits per heavy atom. The van der Waals surface area contributed by atoms with E-state index in [-0.39, 0.29) is 16.5 Å². The smallest absolute Gasteiger partial charge is 0.331 e. The molecule has 0 spiro atoms. The number of hydrogen-bond donors (Lipinski definition) is 1. The van der Waals surface area contributed by atoms with Crippen molar-refractivity contribution in [2.75, 3.05) is 6.61 Å². The number of rotatable bonds is 5. The van der Waals surface area contributed by atoms with Gasteiger partial charge in [-0.1, -0.05) is 18.2 Å². The summed E-state index contributed by atoms with van der Waals surface area (Å²) in [6, 6.07) is 9.09. The molecule has 0 saturated carbocycles. The summed E-state index contributed by atoms with van der Waals surface area (Å²) < 4.78 is 31.7. The number of ether oxygens (including phenoxy) is 1. The van der Waals surface area contributed by atoms with Gasteiger partial charge in [-0.05, 0) is 62.6 Å². The van der Waals surface area contributed by atoms with Crippen LogP contribution in [-0.2, 0) is 19.6 Å². The number of Topliss-reactive ketones (excluding diaryl/α,β-unsaturated/α-hetero) is 1. The van der Waals surface area contributed by atoms with Crippen molar-refractivity contribution in [1.82, 2.24) is 4.72 Å². The van der Waals surface area contributed by atoms with Crippen molar-refractivity contribution in [1.29, 1.82) is 0 Å². The number of nitrogens with zero attached hydrogens (tertiary/aromatic N) is 1. The summed E-state index contributed by atoms with van der Waals surface area (Å²) in [5.74, 6) is -0.928. The normalized spacial score (nSPS) is 16.8. The molecule has 1 aliphatic heterocycles. The number of amidine groups is 1. The molecule has 29 heavy (non-hydrogen) atoms. The minimum atomic E-state index is -3.69. The molecule has 0 radical (unpaired) electrons. The second-order valence-corrected chi connectivity index (χ2v) is 8.69. The highest BCUT2D eigenvalue weighted by Gasteiger charge is 2.31. The first-order chi connectivity index (χ1) is 13.6. The third kappa shape index (κ3) is 4.22. The fourth-order valence-corrected chi connectivity index (χ4v) is 4.31. The summed E-state index contributed by atoms with van der Waals surface area (Å²) in [6.45, 7) is 6.79. The summed E-state index contributed by atoms with van der Waals surface area (Å²) in [7, 11) is -3.69. The molecule has 1 atom stereocenters. The van der Waals surface area contributed by atoms with Gasteiger partial charge in [0.15, 0.2) is 6.61 Å². The van der Waals surface area contributed by atoms with Gasteiger partial charge in [0.25, 0.3) is 10.0 Å². The van der Waals surface area contributed by atoms with E-state index >= 15 is 0 Å². The lowest BCUT2D eigenvalue weighted by atomic mass is 9.98.